The van der Waals surface area contributed by atoms with Crippen LogP contribution >= 0.6 is 47.2 Å². The number of nitrogens with one attached hydrogen (secondary N) is 2. The number of anilines is 1. The lowest BCUT2D eigenvalue weighted by Gasteiger charge is -2.26. The number of benzene rings is 2. The van der Waals surface area contributed by atoms with Crippen LogP contribution < -0.4 is 10.6 Å². The summed E-state index contributed by atoms with van der Waals surface area (Å²) >= 11 is 19.5. The molecule has 0 atom stereocenters. The number of likely N-dealkylation sites (tertiary alicyclic amines) is 1. The maximum absolute atomic E-state index is 12.5. The molecule has 0 aliphatic carbocycles. The fraction of sp³-hybridized carbons (Fsp3) is 0.364. The molecule has 0 spiro atoms. The zero-order valence-electron chi connectivity index (χ0n) is 16.6. The van der Waals surface area contributed by atoms with Crippen LogP contribution in [0.3, 0.4) is 0 Å². The van der Waals surface area contributed by atoms with E-state index in [1.165, 1.54) is 6.42 Å². The third-order valence-corrected chi connectivity index (χ3v) is 6.81. The van der Waals surface area contributed by atoms with Gasteiger partial charge in [-0.05, 0) is 73.4 Å². The van der Waals surface area contributed by atoms with Crippen molar-refractivity contribution in [3.8, 4) is 0 Å². The zero-order valence-corrected chi connectivity index (χ0v) is 19.8. The van der Waals surface area contributed by atoms with Crippen LogP contribution in [0.15, 0.2) is 42.5 Å². The minimum atomic E-state index is 0.109. The molecule has 1 heterocycles. The quantitative estimate of drug-likeness (QED) is 0.384. The molecule has 1 aliphatic heterocycles. The number of hydrogen-bond donors (Lipinski definition) is 2. The number of carbonyl (C=O) groups is 1. The SMILES string of the molecule is O=C(c1ccc(NC(=S)NCCSCc2c(Cl)cccc2Cl)cc1)N1CCCCC1. The molecule has 0 unspecified atom stereocenters. The molecular formula is C22H25Cl2N3OS2. The van der Waals surface area contributed by atoms with Crippen LogP contribution in [-0.2, 0) is 5.75 Å². The maximum atomic E-state index is 12.5. The Morgan fingerprint density at radius 3 is 2.37 bits per heavy atom. The second-order valence-electron chi connectivity index (χ2n) is 7.06. The summed E-state index contributed by atoms with van der Waals surface area (Å²) < 4.78 is 0. The number of thioether (sulfide) groups is 1. The van der Waals surface area contributed by atoms with E-state index in [1.807, 2.05) is 47.4 Å². The minimum Gasteiger partial charge on any atom is -0.362 e. The largest absolute Gasteiger partial charge is 0.362 e. The summed E-state index contributed by atoms with van der Waals surface area (Å²) in [6.45, 7) is 2.44. The van der Waals surface area contributed by atoms with Crippen LogP contribution in [0.4, 0.5) is 5.69 Å². The Balaban J connectivity index is 1.38. The van der Waals surface area contributed by atoms with E-state index in [9.17, 15) is 4.79 Å². The van der Waals surface area contributed by atoms with Gasteiger partial charge in [-0.25, -0.2) is 0 Å². The molecule has 2 aromatic rings. The summed E-state index contributed by atoms with van der Waals surface area (Å²) in [5.74, 6) is 1.73. The standard InChI is InChI=1S/C22H25Cl2N3OS2/c23-19-5-4-6-20(24)18(19)15-30-14-11-25-22(29)26-17-9-7-16(8-10-17)21(28)27-12-2-1-3-13-27/h4-10H,1-3,11-15H2,(H2,25,26,29). The van der Waals surface area contributed by atoms with Crippen LogP contribution in [-0.4, -0.2) is 41.3 Å². The summed E-state index contributed by atoms with van der Waals surface area (Å²) in [6.07, 6.45) is 3.40. The van der Waals surface area contributed by atoms with Crippen molar-refractivity contribution in [3.05, 3.63) is 63.6 Å². The normalized spacial score (nSPS) is 13.7. The number of hydrogen-bond acceptors (Lipinski definition) is 3. The Kier molecular flexibility index (Phi) is 9.12. The van der Waals surface area contributed by atoms with Crippen LogP contribution in [0.1, 0.15) is 35.2 Å². The first-order chi connectivity index (χ1) is 14.5. The predicted molar refractivity (Wildman–Crippen MR) is 133 cm³/mol. The van der Waals surface area contributed by atoms with Crippen LogP contribution in [0.2, 0.25) is 10.0 Å². The smallest absolute Gasteiger partial charge is 0.253 e. The first-order valence-electron chi connectivity index (χ1n) is 9.99. The first-order valence-corrected chi connectivity index (χ1v) is 12.3. The molecule has 1 saturated heterocycles. The van der Waals surface area contributed by atoms with Crippen molar-refractivity contribution in [2.24, 2.45) is 0 Å². The lowest BCUT2D eigenvalue weighted by molar-refractivity contribution is 0.0724. The number of nitrogens with zero attached hydrogens (tertiary/aromatic N) is 1. The number of piperidine rings is 1. The Hall–Kier alpha value is -1.47. The van der Waals surface area contributed by atoms with Crippen molar-refractivity contribution >= 4 is 63.9 Å². The number of halogens is 2. The van der Waals surface area contributed by atoms with Gasteiger partial charge in [0.05, 0.1) is 0 Å². The van der Waals surface area contributed by atoms with Crippen molar-refractivity contribution in [1.29, 1.82) is 0 Å². The maximum Gasteiger partial charge on any atom is 0.253 e. The third-order valence-electron chi connectivity index (χ3n) is 4.87. The van der Waals surface area contributed by atoms with Gasteiger partial charge in [-0.15, -0.1) is 0 Å². The van der Waals surface area contributed by atoms with Crippen LogP contribution in [0.25, 0.3) is 0 Å². The Labute approximate surface area is 197 Å². The van der Waals surface area contributed by atoms with Crippen LogP contribution in [0, 0.1) is 0 Å². The molecule has 3 rings (SSSR count). The zero-order chi connectivity index (χ0) is 21.3. The van der Waals surface area contributed by atoms with Gasteiger partial charge >= 0.3 is 0 Å². The fourth-order valence-corrected chi connectivity index (χ4v) is 5.05. The molecule has 8 heteroatoms. The van der Waals surface area contributed by atoms with Gasteiger partial charge in [-0.3, -0.25) is 4.79 Å². The summed E-state index contributed by atoms with van der Waals surface area (Å²) in [5, 5.41) is 8.30. The van der Waals surface area contributed by atoms with E-state index in [0.29, 0.717) is 15.2 Å². The molecule has 1 aliphatic rings. The number of carbonyl (C=O) groups excluding carboxylic acids is 1. The van der Waals surface area contributed by atoms with E-state index in [0.717, 1.165) is 60.8 Å². The van der Waals surface area contributed by atoms with E-state index in [4.69, 9.17) is 35.4 Å². The lowest BCUT2D eigenvalue weighted by atomic mass is 10.1. The van der Waals surface area contributed by atoms with Gasteiger partial charge in [-0.1, -0.05) is 29.3 Å². The average molecular weight is 483 g/mol. The molecule has 30 heavy (non-hydrogen) atoms. The Morgan fingerprint density at radius 2 is 1.70 bits per heavy atom. The van der Waals surface area contributed by atoms with E-state index in [2.05, 4.69) is 10.6 Å². The van der Waals surface area contributed by atoms with E-state index < -0.39 is 0 Å². The molecule has 160 valence electrons. The highest BCUT2D eigenvalue weighted by atomic mass is 35.5. The highest BCUT2D eigenvalue weighted by Crippen LogP contribution is 2.28. The molecule has 0 aromatic heterocycles. The summed E-state index contributed by atoms with van der Waals surface area (Å²) in [5.41, 5.74) is 2.54. The van der Waals surface area contributed by atoms with Gasteiger partial charge in [0.25, 0.3) is 5.91 Å². The Bertz CT molecular complexity index is 851. The molecule has 0 radical (unpaired) electrons. The third kappa shape index (κ3) is 6.77. The van der Waals surface area contributed by atoms with Gasteiger partial charge in [0.1, 0.15) is 0 Å². The highest BCUT2D eigenvalue weighted by Gasteiger charge is 2.17. The van der Waals surface area contributed by atoms with Crippen molar-refractivity contribution in [2.45, 2.75) is 25.0 Å². The van der Waals surface area contributed by atoms with Crippen molar-refractivity contribution in [3.63, 3.8) is 0 Å². The number of amides is 1. The van der Waals surface area contributed by atoms with Gasteiger partial charge in [0.2, 0.25) is 0 Å². The second kappa shape index (κ2) is 11.8. The number of thiocarbonyl (C=S) groups is 1. The number of rotatable bonds is 7. The molecular weight excluding hydrogens is 457 g/mol. The van der Waals surface area contributed by atoms with Crippen molar-refractivity contribution in [2.75, 3.05) is 30.7 Å². The predicted octanol–water partition coefficient (Wildman–Crippen LogP) is 5.84. The van der Waals surface area contributed by atoms with Gasteiger partial charge < -0.3 is 15.5 Å². The molecule has 1 amide bonds. The van der Waals surface area contributed by atoms with Crippen molar-refractivity contribution in [1.82, 2.24) is 10.2 Å². The lowest BCUT2D eigenvalue weighted by Crippen LogP contribution is -2.35. The van der Waals surface area contributed by atoms with Gasteiger partial charge in [-0.2, -0.15) is 11.8 Å². The average Bonchev–Trinajstić information content (AvgIpc) is 2.76. The van der Waals surface area contributed by atoms with Crippen molar-refractivity contribution < 1.29 is 4.79 Å². The first kappa shape index (κ1) is 23.2. The topological polar surface area (TPSA) is 44.4 Å². The molecule has 2 aromatic carbocycles. The molecule has 4 nitrogen and oxygen atoms in total. The monoisotopic (exact) mass is 481 g/mol. The molecule has 2 N–H and O–H groups in total. The Morgan fingerprint density at radius 1 is 1.03 bits per heavy atom. The van der Waals surface area contributed by atoms with E-state index in [1.54, 1.807) is 11.8 Å². The van der Waals surface area contributed by atoms with Gasteiger partial charge in [0, 0.05) is 52.4 Å². The molecule has 1 fully saturated rings. The molecule has 0 saturated carbocycles. The highest BCUT2D eigenvalue weighted by molar-refractivity contribution is 7.98. The fourth-order valence-electron chi connectivity index (χ4n) is 3.23. The summed E-state index contributed by atoms with van der Waals surface area (Å²) in [4.78, 5) is 14.5. The van der Waals surface area contributed by atoms with Gasteiger partial charge in [0.15, 0.2) is 5.11 Å². The van der Waals surface area contributed by atoms with E-state index >= 15 is 0 Å². The second-order valence-corrected chi connectivity index (χ2v) is 9.39. The van der Waals surface area contributed by atoms with E-state index in [-0.39, 0.29) is 5.91 Å². The minimum absolute atomic E-state index is 0.109. The summed E-state index contributed by atoms with van der Waals surface area (Å²) in [7, 11) is 0. The summed E-state index contributed by atoms with van der Waals surface area (Å²) in [6, 6.07) is 13.0. The van der Waals surface area contributed by atoms with Crippen LogP contribution in [0.5, 0.6) is 0 Å². The molecule has 0 bridgehead atoms.